The Morgan fingerprint density at radius 3 is 2.70 bits per heavy atom. The number of nitrogens with one attached hydrogen (secondary N) is 1. The van der Waals surface area contributed by atoms with Crippen molar-refractivity contribution >= 4 is 22.9 Å². The van der Waals surface area contributed by atoms with Crippen molar-refractivity contribution in [2.45, 2.75) is 53.0 Å². The normalized spacial score (nSPS) is 13.2. The number of aromatic nitrogens is 4. The lowest BCUT2D eigenvalue weighted by Gasteiger charge is -2.13. The molecule has 2 aromatic heterocycles. The maximum atomic E-state index is 13.9. The van der Waals surface area contributed by atoms with E-state index in [2.05, 4.69) is 39.3 Å². The quantitative estimate of drug-likeness (QED) is 0.609. The van der Waals surface area contributed by atoms with Crippen LogP contribution in [0.5, 0.6) is 0 Å². The van der Waals surface area contributed by atoms with E-state index in [1.165, 1.54) is 28.7 Å². The number of hydrogen-bond donors (Lipinski definition) is 2. The van der Waals surface area contributed by atoms with Crippen LogP contribution < -0.4 is 11.1 Å². The molecule has 4 rings (SSSR count). The first kappa shape index (κ1) is 20.3. The number of amides is 1. The van der Waals surface area contributed by atoms with Gasteiger partial charge in [0.25, 0.3) is 0 Å². The minimum absolute atomic E-state index is 0.0226. The first-order valence-corrected chi connectivity index (χ1v) is 10.4. The molecule has 158 valence electrons. The second kappa shape index (κ2) is 8.01. The molecule has 0 atom stereocenters. The van der Waals surface area contributed by atoms with E-state index in [4.69, 9.17) is 5.73 Å². The highest BCUT2D eigenvalue weighted by Gasteiger charge is 2.19. The first-order chi connectivity index (χ1) is 14.3. The van der Waals surface area contributed by atoms with E-state index < -0.39 is 6.08 Å². The Labute approximate surface area is 174 Å². The summed E-state index contributed by atoms with van der Waals surface area (Å²) in [6.07, 6.45) is 3.12. The summed E-state index contributed by atoms with van der Waals surface area (Å²) in [4.78, 5) is 24.1. The molecule has 0 saturated carbocycles. The molecule has 30 heavy (non-hydrogen) atoms. The maximum Gasteiger partial charge on any atom is 0.312 e. The van der Waals surface area contributed by atoms with Gasteiger partial charge in [-0.05, 0) is 48.4 Å². The number of carbonyl (C=O) groups excluding carboxylic acids is 1. The van der Waals surface area contributed by atoms with Crippen molar-refractivity contribution in [2.75, 3.05) is 12.3 Å². The molecule has 0 radical (unpaired) electrons. The highest BCUT2D eigenvalue weighted by atomic mass is 19.1. The lowest BCUT2D eigenvalue weighted by atomic mass is 9.98. The van der Waals surface area contributed by atoms with E-state index in [9.17, 15) is 9.18 Å². The fraction of sp³-hybridized carbons (Fsp3) is 0.455. The average molecular weight is 410 g/mol. The second-order valence-corrected chi connectivity index (χ2v) is 8.25. The van der Waals surface area contributed by atoms with Crippen molar-refractivity contribution in [3.8, 4) is 0 Å². The average Bonchev–Trinajstić information content (AvgIpc) is 3.26. The number of fused-ring (bicyclic) bond motifs is 2. The van der Waals surface area contributed by atoms with E-state index in [1.54, 1.807) is 0 Å². The second-order valence-electron chi connectivity index (χ2n) is 8.25. The molecule has 0 spiro atoms. The Morgan fingerprint density at radius 2 is 1.97 bits per heavy atom. The van der Waals surface area contributed by atoms with Gasteiger partial charge >= 0.3 is 6.08 Å². The molecule has 8 heteroatoms. The van der Waals surface area contributed by atoms with Crippen LogP contribution in [-0.4, -0.2) is 32.0 Å². The summed E-state index contributed by atoms with van der Waals surface area (Å²) < 4.78 is 15.7. The van der Waals surface area contributed by atoms with E-state index in [0.717, 1.165) is 18.7 Å². The zero-order valence-corrected chi connectivity index (χ0v) is 17.6. The molecule has 7 nitrogen and oxygen atoms in total. The Morgan fingerprint density at radius 1 is 1.23 bits per heavy atom. The van der Waals surface area contributed by atoms with E-state index >= 15 is 0 Å². The van der Waals surface area contributed by atoms with Crippen LogP contribution in [0.3, 0.4) is 0 Å². The third kappa shape index (κ3) is 3.86. The molecule has 1 aromatic carbocycles. The monoisotopic (exact) mass is 410 g/mol. The molecule has 0 fully saturated rings. The van der Waals surface area contributed by atoms with E-state index in [-0.39, 0.29) is 17.6 Å². The molecule has 2 heterocycles. The molecule has 1 amide bonds. The van der Waals surface area contributed by atoms with Crippen molar-refractivity contribution in [3.63, 3.8) is 0 Å². The number of nitrogen functional groups attached to an aromatic ring is 1. The summed E-state index contributed by atoms with van der Waals surface area (Å²) in [5.74, 6) is 0.620. The fourth-order valence-corrected chi connectivity index (χ4v) is 4.06. The van der Waals surface area contributed by atoms with Gasteiger partial charge in [0.1, 0.15) is 5.82 Å². The lowest BCUT2D eigenvalue weighted by molar-refractivity contribution is -0.124. The highest BCUT2D eigenvalue weighted by molar-refractivity contribution is 5.82. The Balaban J connectivity index is 1.70. The molecular formula is C22H27FN6O. The predicted octanol–water partition coefficient (Wildman–Crippen LogP) is 2.71. The molecule has 1 aliphatic rings. The van der Waals surface area contributed by atoms with Crippen molar-refractivity contribution in [1.29, 1.82) is 0 Å². The minimum Gasteiger partial charge on any atom is -0.382 e. The van der Waals surface area contributed by atoms with Crippen LogP contribution in [0.25, 0.3) is 11.2 Å². The zero-order valence-electron chi connectivity index (χ0n) is 17.6. The van der Waals surface area contributed by atoms with Gasteiger partial charge in [-0.1, -0.05) is 26.0 Å². The SMILES string of the molecule is Cc1cc2c(cc1Cc1nc3c(N)nc(F)nc3n1CCNC(=O)C(C)C)CCC2. The molecule has 0 unspecified atom stereocenters. The van der Waals surface area contributed by atoms with Crippen LogP contribution in [0.15, 0.2) is 12.1 Å². The minimum atomic E-state index is -0.882. The Bertz CT molecular complexity index is 1120. The van der Waals surface area contributed by atoms with E-state index in [0.29, 0.717) is 30.7 Å². The number of halogens is 1. The fourth-order valence-electron chi connectivity index (χ4n) is 4.06. The van der Waals surface area contributed by atoms with Crippen LogP contribution >= 0.6 is 0 Å². The number of hydrogen-bond acceptors (Lipinski definition) is 5. The molecule has 0 bridgehead atoms. The summed E-state index contributed by atoms with van der Waals surface area (Å²) >= 11 is 0. The van der Waals surface area contributed by atoms with Crippen LogP contribution in [-0.2, 0) is 30.6 Å². The molecular weight excluding hydrogens is 383 g/mol. The van der Waals surface area contributed by atoms with Crippen LogP contribution in [0.2, 0.25) is 0 Å². The van der Waals surface area contributed by atoms with Gasteiger partial charge in [0, 0.05) is 25.4 Å². The number of imidazole rings is 1. The standard InChI is InChI=1S/C22H27FN6O/c1-12(2)21(30)25-7-8-29-17(26-18-19(24)27-22(23)28-20(18)29)11-16-10-15-6-4-5-14(15)9-13(16)3/h9-10,12H,4-8,11H2,1-3H3,(H,25,30)(H2,24,27,28). The summed E-state index contributed by atoms with van der Waals surface area (Å²) in [5.41, 5.74) is 11.9. The maximum absolute atomic E-state index is 13.9. The molecule has 1 aliphatic carbocycles. The van der Waals surface area contributed by atoms with Crippen LogP contribution in [0, 0.1) is 18.9 Å². The third-order valence-electron chi connectivity index (χ3n) is 5.73. The third-order valence-corrected chi connectivity index (χ3v) is 5.73. The summed E-state index contributed by atoms with van der Waals surface area (Å²) in [6.45, 7) is 6.60. The van der Waals surface area contributed by atoms with Crippen LogP contribution in [0.4, 0.5) is 10.2 Å². The number of aryl methyl sites for hydroxylation is 3. The molecule has 0 saturated heterocycles. The van der Waals surface area contributed by atoms with Crippen LogP contribution in [0.1, 0.15) is 48.3 Å². The van der Waals surface area contributed by atoms with Gasteiger partial charge in [0.2, 0.25) is 5.91 Å². The van der Waals surface area contributed by atoms with Crippen molar-refractivity contribution in [1.82, 2.24) is 24.8 Å². The van der Waals surface area contributed by atoms with Gasteiger partial charge in [-0.3, -0.25) is 4.79 Å². The summed E-state index contributed by atoms with van der Waals surface area (Å²) in [7, 11) is 0. The Hall–Kier alpha value is -3.03. The van der Waals surface area contributed by atoms with Gasteiger partial charge in [0.05, 0.1) is 0 Å². The Kier molecular flexibility index (Phi) is 5.40. The number of nitrogens with zero attached hydrogens (tertiary/aromatic N) is 4. The van der Waals surface area contributed by atoms with E-state index in [1.807, 2.05) is 18.4 Å². The number of carbonyl (C=O) groups is 1. The van der Waals surface area contributed by atoms with Crippen molar-refractivity contribution in [3.05, 3.63) is 46.3 Å². The number of rotatable bonds is 6. The number of benzene rings is 1. The summed E-state index contributed by atoms with van der Waals surface area (Å²) in [5, 5.41) is 2.89. The lowest BCUT2D eigenvalue weighted by Crippen LogP contribution is -2.31. The van der Waals surface area contributed by atoms with Crippen molar-refractivity contribution in [2.24, 2.45) is 5.92 Å². The predicted molar refractivity (Wildman–Crippen MR) is 114 cm³/mol. The molecule has 3 aromatic rings. The smallest absolute Gasteiger partial charge is 0.312 e. The number of anilines is 1. The summed E-state index contributed by atoms with van der Waals surface area (Å²) in [6, 6.07) is 4.53. The van der Waals surface area contributed by atoms with Gasteiger partial charge in [-0.15, -0.1) is 0 Å². The van der Waals surface area contributed by atoms with Crippen molar-refractivity contribution < 1.29 is 9.18 Å². The topological polar surface area (TPSA) is 98.7 Å². The first-order valence-electron chi connectivity index (χ1n) is 10.4. The zero-order chi connectivity index (χ0) is 21.4. The largest absolute Gasteiger partial charge is 0.382 e. The molecule has 3 N–H and O–H groups in total. The van der Waals surface area contributed by atoms with Gasteiger partial charge < -0.3 is 15.6 Å². The van der Waals surface area contributed by atoms with Gasteiger partial charge in [-0.2, -0.15) is 14.4 Å². The van der Waals surface area contributed by atoms with Gasteiger partial charge in [-0.25, -0.2) is 4.98 Å². The highest BCUT2D eigenvalue weighted by Crippen LogP contribution is 2.28. The van der Waals surface area contributed by atoms with Gasteiger partial charge in [0.15, 0.2) is 17.0 Å². The molecule has 0 aliphatic heterocycles. The number of nitrogens with two attached hydrogens (primary N) is 1.